The molecule has 0 aliphatic carbocycles. The van der Waals surface area contributed by atoms with Crippen molar-refractivity contribution < 1.29 is 5.11 Å². The highest BCUT2D eigenvalue weighted by Gasteiger charge is 2.15. The summed E-state index contributed by atoms with van der Waals surface area (Å²) in [6, 6.07) is 7.10. The molecular weight excluding hydrogens is 140 g/mol. The van der Waals surface area contributed by atoms with Crippen LogP contribution in [0.4, 0.5) is 0 Å². The van der Waals surface area contributed by atoms with Crippen molar-refractivity contribution in [2.24, 2.45) is 11.5 Å². The minimum absolute atomic E-state index is 0.517. The van der Waals surface area contributed by atoms with Gasteiger partial charge in [0, 0.05) is 5.56 Å². The van der Waals surface area contributed by atoms with Gasteiger partial charge in [-0.15, -0.1) is 0 Å². The fraction of sp³-hybridized carbons (Fsp3) is 0.250. The molecule has 0 unspecified atom stereocenters. The summed E-state index contributed by atoms with van der Waals surface area (Å²) in [5, 5.41) is 9.14. The van der Waals surface area contributed by atoms with Crippen LogP contribution >= 0.6 is 0 Å². The Morgan fingerprint density at radius 3 is 2.00 bits per heavy atom. The molecule has 3 nitrogen and oxygen atoms in total. The highest BCUT2D eigenvalue weighted by molar-refractivity contribution is 5.24. The van der Waals surface area contributed by atoms with Crippen LogP contribution in [0.15, 0.2) is 24.3 Å². The summed E-state index contributed by atoms with van der Waals surface area (Å²) >= 11 is 0. The number of hydrogen-bond donors (Lipinski definition) is 3. The molecule has 0 heterocycles. The number of hydrogen-bond acceptors (Lipinski definition) is 3. The van der Waals surface area contributed by atoms with Crippen molar-refractivity contribution in [2.45, 2.75) is 12.8 Å². The van der Waals surface area contributed by atoms with E-state index in [0.29, 0.717) is 5.56 Å². The van der Waals surface area contributed by atoms with E-state index in [1.54, 1.807) is 12.1 Å². The molecule has 60 valence electrons. The third kappa shape index (κ3) is 2.01. The lowest BCUT2D eigenvalue weighted by Gasteiger charge is -2.16. The molecule has 0 radical (unpaired) electrons. The Kier molecular flexibility index (Phi) is 1.95. The molecule has 11 heavy (non-hydrogen) atoms. The van der Waals surface area contributed by atoms with Crippen molar-refractivity contribution in [1.82, 2.24) is 0 Å². The maximum atomic E-state index is 9.14. The second-order valence-corrected chi connectivity index (χ2v) is 2.69. The van der Waals surface area contributed by atoms with Crippen LogP contribution in [0.3, 0.4) is 0 Å². The monoisotopic (exact) mass is 152 g/mol. The zero-order valence-electron chi connectivity index (χ0n) is 6.41. The van der Waals surface area contributed by atoms with Gasteiger partial charge in [0.15, 0.2) is 5.85 Å². The van der Waals surface area contributed by atoms with Gasteiger partial charge in [-0.25, -0.2) is 0 Å². The maximum absolute atomic E-state index is 9.14. The molecule has 0 atom stereocenters. The van der Waals surface area contributed by atoms with Gasteiger partial charge in [-0.05, 0) is 6.92 Å². The summed E-state index contributed by atoms with van der Waals surface area (Å²) in [5.41, 5.74) is 12.1. The quantitative estimate of drug-likeness (QED) is 0.496. The van der Waals surface area contributed by atoms with Gasteiger partial charge in [0.25, 0.3) is 0 Å². The van der Waals surface area contributed by atoms with E-state index in [1.165, 1.54) is 0 Å². The van der Waals surface area contributed by atoms with Crippen LogP contribution in [0.5, 0.6) is 0 Å². The molecule has 1 aromatic rings. The molecule has 0 aliphatic heterocycles. The fourth-order valence-corrected chi connectivity index (χ4v) is 0.821. The van der Waals surface area contributed by atoms with Gasteiger partial charge in [-0.1, -0.05) is 29.8 Å². The predicted molar refractivity (Wildman–Crippen MR) is 43.5 cm³/mol. The Morgan fingerprint density at radius 1 is 1.18 bits per heavy atom. The highest BCUT2D eigenvalue weighted by Crippen LogP contribution is 2.09. The Morgan fingerprint density at radius 2 is 1.64 bits per heavy atom. The minimum Gasteiger partial charge on any atom is -0.360 e. The van der Waals surface area contributed by atoms with Gasteiger partial charge < -0.3 is 5.11 Å². The largest absolute Gasteiger partial charge is 0.360 e. The first kappa shape index (κ1) is 8.20. The van der Waals surface area contributed by atoms with Crippen LogP contribution in [-0.4, -0.2) is 5.11 Å². The Balaban J connectivity index is 2.99. The van der Waals surface area contributed by atoms with Gasteiger partial charge in [0.05, 0.1) is 0 Å². The summed E-state index contributed by atoms with van der Waals surface area (Å²) in [7, 11) is 0. The molecule has 5 N–H and O–H groups in total. The standard InChI is InChI=1S/C8H12N2O/c1-6-2-4-7(5-3-6)8(9,10)11/h2-5,11H,9-10H2,1H3. The van der Waals surface area contributed by atoms with Crippen molar-refractivity contribution in [3.8, 4) is 0 Å². The van der Waals surface area contributed by atoms with E-state index in [0.717, 1.165) is 5.56 Å². The lowest BCUT2D eigenvalue weighted by Crippen LogP contribution is -2.45. The number of rotatable bonds is 1. The summed E-state index contributed by atoms with van der Waals surface area (Å²) in [5.74, 6) is -1.71. The van der Waals surface area contributed by atoms with Gasteiger partial charge in [0.2, 0.25) is 0 Å². The molecule has 0 aliphatic rings. The minimum atomic E-state index is -1.71. The van der Waals surface area contributed by atoms with Crippen molar-refractivity contribution in [3.63, 3.8) is 0 Å². The zero-order valence-corrected chi connectivity index (χ0v) is 6.41. The topological polar surface area (TPSA) is 72.3 Å². The molecule has 0 fully saturated rings. The average Bonchev–Trinajstić information content (AvgIpc) is 1.86. The molecule has 0 aromatic heterocycles. The van der Waals surface area contributed by atoms with E-state index in [2.05, 4.69) is 0 Å². The summed E-state index contributed by atoms with van der Waals surface area (Å²) < 4.78 is 0. The lowest BCUT2D eigenvalue weighted by molar-refractivity contribution is 0.0509. The van der Waals surface area contributed by atoms with E-state index in [-0.39, 0.29) is 0 Å². The first-order valence-electron chi connectivity index (χ1n) is 3.37. The average molecular weight is 152 g/mol. The molecule has 0 amide bonds. The number of aliphatic hydroxyl groups is 1. The maximum Gasteiger partial charge on any atom is 0.194 e. The van der Waals surface area contributed by atoms with Crippen molar-refractivity contribution in [1.29, 1.82) is 0 Å². The van der Waals surface area contributed by atoms with E-state index in [4.69, 9.17) is 16.6 Å². The van der Waals surface area contributed by atoms with E-state index in [9.17, 15) is 0 Å². The van der Waals surface area contributed by atoms with Crippen molar-refractivity contribution in [2.75, 3.05) is 0 Å². The van der Waals surface area contributed by atoms with Crippen LogP contribution in [0.25, 0.3) is 0 Å². The molecule has 1 aromatic carbocycles. The first-order chi connectivity index (χ1) is 5.00. The number of nitrogens with two attached hydrogens (primary N) is 2. The molecule has 0 spiro atoms. The van der Waals surface area contributed by atoms with Gasteiger partial charge >= 0.3 is 0 Å². The Bertz CT molecular complexity index is 235. The lowest BCUT2D eigenvalue weighted by atomic mass is 10.1. The molecule has 1 rings (SSSR count). The predicted octanol–water partition coefficient (Wildman–Crippen LogP) is 0.0150. The normalized spacial score (nSPS) is 11.6. The smallest absolute Gasteiger partial charge is 0.194 e. The summed E-state index contributed by atoms with van der Waals surface area (Å²) in [6.45, 7) is 1.95. The number of benzene rings is 1. The highest BCUT2D eigenvalue weighted by atomic mass is 16.3. The second kappa shape index (κ2) is 2.62. The van der Waals surface area contributed by atoms with Crippen molar-refractivity contribution in [3.05, 3.63) is 35.4 Å². The van der Waals surface area contributed by atoms with Gasteiger partial charge in [0.1, 0.15) is 0 Å². The van der Waals surface area contributed by atoms with E-state index < -0.39 is 5.85 Å². The third-order valence-corrected chi connectivity index (χ3v) is 1.51. The van der Waals surface area contributed by atoms with Crippen LogP contribution in [0, 0.1) is 6.92 Å². The van der Waals surface area contributed by atoms with Gasteiger partial charge in [-0.2, -0.15) is 0 Å². The molecule has 0 saturated carbocycles. The second-order valence-electron chi connectivity index (χ2n) is 2.69. The molecule has 3 heteroatoms. The SMILES string of the molecule is Cc1ccc(C(N)(N)O)cc1. The zero-order chi connectivity index (χ0) is 8.48. The van der Waals surface area contributed by atoms with Gasteiger partial charge in [-0.3, -0.25) is 11.5 Å². The fourth-order valence-electron chi connectivity index (χ4n) is 0.821. The van der Waals surface area contributed by atoms with Crippen LogP contribution < -0.4 is 11.5 Å². The third-order valence-electron chi connectivity index (χ3n) is 1.51. The summed E-state index contributed by atoms with van der Waals surface area (Å²) in [6.07, 6.45) is 0. The van der Waals surface area contributed by atoms with E-state index >= 15 is 0 Å². The van der Waals surface area contributed by atoms with Crippen molar-refractivity contribution >= 4 is 0 Å². The van der Waals surface area contributed by atoms with Crippen LogP contribution in [-0.2, 0) is 5.85 Å². The number of aryl methyl sites for hydroxylation is 1. The Hall–Kier alpha value is -0.900. The summed E-state index contributed by atoms with van der Waals surface area (Å²) in [4.78, 5) is 0. The van der Waals surface area contributed by atoms with E-state index in [1.807, 2.05) is 19.1 Å². The van der Waals surface area contributed by atoms with Crippen LogP contribution in [0.2, 0.25) is 0 Å². The van der Waals surface area contributed by atoms with Crippen LogP contribution in [0.1, 0.15) is 11.1 Å². The molecule has 0 saturated heterocycles. The Labute approximate surface area is 65.6 Å². The molecule has 0 bridgehead atoms. The first-order valence-corrected chi connectivity index (χ1v) is 3.37. The molecular formula is C8H12N2O.